The number of nitrogens with zero attached hydrogens (tertiary/aromatic N) is 6. The van der Waals surface area contributed by atoms with Crippen molar-refractivity contribution in [1.29, 1.82) is 0 Å². The van der Waals surface area contributed by atoms with E-state index in [2.05, 4.69) is 38.8 Å². The van der Waals surface area contributed by atoms with Crippen molar-refractivity contribution in [3.05, 3.63) is 39.8 Å². The second-order valence-corrected chi connectivity index (χ2v) is 7.36. The minimum atomic E-state index is -0.531. The van der Waals surface area contributed by atoms with Crippen LogP contribution in [0.25, 0.3) is 0 Å². The molecule has 0 bridgehead atoms. The number of hydrogen-bond donors (Lipinski definition) is 0. The number of likely N-dealkylation sites (N-methyl/N-ethyl adjacent to an activating group) is 1. The van der Waals surface area contributed by atoms with Gasteiger partial charge in [0.15, 0.2) is 6.20 Å². The number of rotatable bonds is 5. The third-order valence-corrected chi connectivity index (χ3v) is 5.41. The van der Waals surface area contributed by atoms with Crippen LogP contribution >= 0.6 is 23.4 Å². The number of nitro groups is 1. The molecule has 0 radical (unpaired) electrons. The van der Waals surface area contributed by atoms with Gasteiger partial charge in [-0.25, -0.2) is 4.98 Å². The minimum absolute atomic E-state index is 0.188. The van der Waals surface area contributed by atoms with E-state index in [1.807, 2.05) is 0 Å². The van der Waals surface area contributed by atoms with E-state index in [0.29, 0.717) is 22.0 Å². The summed E-state index contributed by atoms with van der Waals surface area (Å²) >= 11 is 7.62. The van der Waals surface area contributed by atoms with E-state index in [9.17, 15) is 10.1 Å². The number of aromatic nitrogens is 3. The highest BCUT2D eigenvalue weighted by atomic mass is 35.5. The molecule has 2 aromatic heterocycles. The first-order valence-electron chi connectivity index (χ1n) is 7.66. The number of hydrogen-bond acceptors (Lipinski definition) is 8. The normalized spacial score (nSPS) is 17.3. The molecule has 1 atom stereocenters. The van der Waals surface area contributed by atoms with Gasteiger partial charge in [0.25, 0.3) is 0 Å². The van der Waals surface area contributed by atoms with E-state index < -0.39 is 4.92 Å². The van der Waals surface area contributed by atoms with Crippen LogP contribution in [-0.4, -0.2) is 58.0 Å². The van der Waals surface area contributed by atoms with Crippen molar-refractivity contribution in [2.75, 3.05) is 32.1 Å². The molecule has 0 amide bonds. The van der Waals surface area contributed by atoms with Crippen LogP contribution in [0, 0.1) is 10.1 Å². The highest BCUT2D eigenvalue weighted by Crippen LogP contribution is 2.33. The SMILES string of the molecule is CN(C)C1CCN(c2ncc(Sc3ccc([N+](=O)[O-])nc3)c(Cl)n2)C1. The van der Waals surface area contributed by atoms with Crippen molar-refractivity contribution in [2.24, 2.45) is 0 Å². The smallest absolute Gasteiger partial charge is 0.358 e. The molecule has 3 rings (SSSR count). The first-order chi connectivity index (χ1) is 11.9. The van der Waals surface area contributed by atoms with Gasteiger partial charge in [-0.3, -0.25) is 0 Å². The van der Waals surface area contributed by atoms with Crippen LogP contribution in [-0.2, 0) is 0 Å². The number of halogens is 1. The van der Waals surface area contributed by atoms with Crippen LogP contribution in [0.3, 0.4) is 0 Å². The van der Waals surface area contributed by atoms with Crippen molar-refractivity contribution >= 4 is 35.1 Å². The fraction of sp³-hybridized carbons (Fsp3) is 0.400. The Hall–Kier alpha value is -1.97. The summed E-state index contributed by atoms with van der Waals surface area (Å²) in [5.74, 6) is 0.437. The largest absolute Gasteiger partial charge is 0.363 e. The molecule has 0 aromatic carbocycles. The van der Waals surface area contributed by atoms with Crippen LogP contribution in [0.15, 0.2) is 34.3 Å². The van der Waals surface area contributed by atoms with Gasteiger partial charge in [0, 0.05) is 31.4 Å². The molecule has 8 nitrogen and oxygen atoms in total. The molecule has 10 heteroatoms. The molecular formula is C15H17ClN6O2S. The van der Waals surface area contributed by atoms with Crippen LogP contribution in [0.2, 0.25) is 5.15 Å². The summed E-state index contributed by atoms with van der Waals surface area (Å²) < 4.78 is 0. The molecule has 1 aliphatic rings. The van der Waals surface area contributed by atoms with Crippen molar-refractivity contribution in [2.45, 2.75) is 22.3 Å². The Morgan fingerprint density at radius 3 is 2.72 bits per heavy atom. The summed E-state index contributed by atoms with van der Waals surface area (Å²) in [7, 11) is 4.14. The Balaban J connectivity index is 1.71. The van der Waals surface area contributed by atoms with Gasteiger partial charge in [-0.1, -0.05) is 23.4 Å². The summed E-state index contributed by atoms with van der Waals surface area (Å²) in [6.07, 6.45) is 4.19. The van der Waals surface area contributed by atoms with Crippen molar-refractivity contribution in [1.82, 2.24) is 19.9 Å². The zero-order chi connectivity index (χ0) is 18.0. The molecule has 0 N–H and O–H groups in total. The summed E-state index contributed by atoms with van der Waals surface area (Å²) in [6, 6.07) is 3.47. The zero-order valence-corrected chi connectivity index (χ0v) is 15.4. The second-order valence-electron chi connectivity index (χ2n) is 5.89. The first-order valence-corrected chi connectivity index (χ1v) is 8.85. The topological polar surface area (TPSA) is 88.3 Å². The Bertz CT molecular complexity index is 773. The lowest BCUT2D eigenvalue weighted by molar-refractivity contribution is -0.389. The van der Waals surface area contributed by atoms with E-state index in [1.54, 1.807) is 12.3 Å². The lowest BCUT2D eigenvalue weighted by atomic mass is 10.2. The maximum absolute atomic E-state index is 10.6. The predicted molar refractivity (Wildman–Crippen MR) is 96.4 cm³/mol. The fourth-order valence-corrected chi connectivity index (χ4v) is 3.55. The van der Waals surface area contributed by atoms with Gasteiger partial charge in [-0.15, -0.1) is 0 Å². The van der Waals surface area contributed by atoms with Crippen molar-refractivity contribution in [3.8, 4) is 0 Å². The highest BCUT2D eigenvalue weighted by Gasteiger charge is 2.26. The molecule has 1 saturated heterocycles. The zero-order valence-electron chi connectivity index (χ0n) is 13.8. The molecule has 0 spiro atoms. The van der Waals surface area contributed by atoms with Crippen LogP contribution in [0.5, 0.6) is 0 Å². The predicted octanol–water partition coefficient (Wildman–Crippen LogP) is 2.72. The van der Waals surface area contributed by atoms with E-state index >= 15 is 0 Å². The van der Waals surface area contributed by atoms with Crippen LogP contribution < -0.4 is 4.90 Å². The molecule has 1 fully saturated rings. The average molecular weight is 381 g/mol. The van der Waals surface area contributed by atoms with Gasteiger partial charge < -0.3 is 19.9 Å². The third-order valence-electron chi connectivity index (χ3n) is 4.01. The van der Waals surface area contributed by atoms with Crippen molar-refractivity contribution < 1.29 is 4.92 Å². The van der Waals surface area contributed by atoms with Crippen LogP contribution in [0.1, 0.15) is 6.42 Å². The summed E-state index contributed by atoms with van der Waals surface area (Å²) in [5, 5.41) is 11.0. The Labute approximate surface area is 154 Å². The first kappa shape index (κ1) is 17.8. The number of pyridine rings is 1. The molecule has 0 aliphatic carbocycles. The Kier molecular flexibility index (Phi) is 5.36. The van der Waals surface area contributed by atoms with Crippen molar-refractivity contribution in [3.63, 3.8) is 0 Å². The summed E-state index contributed by atoms with van der Waals surface area (Å²) in [4.78, 5) is 28.5. The lowest BCUT2D eigenvalue weighted by Gasteiger charge is -2.20. The monoisotopic (exact) mass is 380 g/mol. The fourth-order valence-electron chi connectivity index (χ4n) is 2.58. The van der Waals surface area contributed by atoms with Gasteiger partial charge in [0.1, 0.15) is 5.15 Å². The maximum atomic E-state index is 10.6. The molecule has 1 unspecified atom stereocenters. The molecule has 1 aliphatic heterocycles. The van der Waals surface area contributed by atoms with Gasteiger partial charge in [-0.2, -0.15) is 4.98 Å². The standard InChI is InChI=1S/C15H17ClN6O2S/c1-20(2)10-5-6-21(9-10)15-18-8-12(14(16)19-15)25-11-3-4-13(17-7-11)22(23)24/h3-4,7-8,10H,5-6,9H2,1-2H3. The van der Waals surface area contributed by atoms with Gasteiger partial charge >= 0.3 is 5.82 Å². The summed E-state index contributed by atoms with van der Waals surface area (Å²) in [5.41, 5.74) is 0. The van der Waals surface area contributed by atoms with E-state index in [1.165, 1.54) is 24.0 Å². The molecule has 0 saturated carbocycles. The molecule has 3 heterocycles. The van der Waals surface area contributed by atoms with Crippen LogP contribution in [0.4, 0.5) is 11.8 Å². The molecule has 2 aromatic rings. The third kappa shape index (κ3) is 4.17. The lowest BCUT2D eigenvalue weighted by Crippen LogP contribution is -2.32. The van der Waals surface area contributed by atoms with E-state index in [0.717, 1.165) is 24.4 Å². The summed E-state index contributed by atoms with van der Waals surface area (Å²) in [6.45, 7) is 1.78. The highest BCUT2D eigenvalue weighted by molar-refractivity contribution is 7.99. The Morgan fingerprint density at radius 2 is 2.16 bits per heavy atom. The molecule has 132 valence electrons. The van der Waals surface area contributed by atoms with Gasteiger partial charge in [-0.05, 0) is 36.5 Å². The molecule has 25 heavy (non-hydrogen) atoms. The number of anilines is 1. The second kappa shape index (κ2) is 7.51. The van der Waals surface area contributed by atoms with E-state index in [-0.39, 0.29) is 5.82 Å². The molecular weight excluding hydrogens is 364 g/mol. The minimum Gasteiger partial charge on any atom is -0.358 e. The van der Waals surface area contributed by atoms with Gasteiger partial charge in [0.2, 0.25) is 5.95 Å². The van der Waals surface area contributed by atoms with Gasteiger partial charge in [0.05, 0.1) is 9.79 Å². The quantitative estimate of drug-likeness (QED) is 0.444. The maximum Gasteiger partial charge on any atom is 0.363 e. The Morgan fingerprint density at radius 1 is 1.36 bits per heavy atom. The average Bonchev–Trinajstić information content (AvgIpc) is 3.07. The van der Waals surface area contributed by atoms with E-state index in [4.69, 9.17) is 11.6 Å².